The van der Waals surface area contributed by atoms with Crippen molar-refractivity contribution >= 4 is 34.9 Å². The molecule has 5 rings (SSSR count). The van der Waals surface area contributed by atoms with E-state index in [4.69, 9.17) is 12.2 Å². The summed E-state index contributed by atoms with van der Waals surface area (Å²) in [5, 5.41) is 16.6. The van der Waals surface area contributed by atoms with E-state index < -0.39 is 5.97 Å². The van der Waals surface area contributed by atoms with E-state index in [1.165, 1.54) is 0 Å². The molecule has 1 amide bonds. The highest BCUT2D eigenvalue weighted by molar-refractivity contribution is 7.80. The lowest BCUT2D eigenvalue weighted by molar-refractivity contribution is -0.116. The van der Waals surface area contributed by atoms with Gasteiger partial charge in [0.1, 0.15) is 0 Å². The lowest BCUT2D eigenvalue weighted by atomic mass is 9.96. The second-order valence-electron chi connectivity index (χ2n) is 10.5. The van der Waals surface area contributed by atoms with Gasteiger partial charge in [-0.2, -0.15) is 0 Å². The highest BCUT2D eigenvalue weighted by atomic mass is 32.1. The average Bonchev–Trinajstić information content (AvgIpc) is 3.44. The molecule has 0 saturated carbocycles. The highest BCUT2D eigenvalue weighted by Crippen LogP contribution is 2.41. The monoisotopic (exact) mass is 567 g/mol. The van der Waals surface area contributed by atoms with Crippen molar-refractivity contribution in [1.29, 1.82) is 0 Å². The normalized spacial score (nSPS) is 16.5. The summed E-state index contributed by atoms with van der Waals surface area (Å²) < 4.78 is 2.06. The van der Waals surface area contributed by atoms with Gasteiger partial charge in [0.15, 0.2) is 5.11 Å². The Bertz CT molecular complexity index is 1630. The Morgan fingerprint density at radius 3 is 2.56 bits per heavy atom. The zero-order valence-electron chi connectivity index (χ0n) is 23.5. The van der Waals surface area contributed by atoms with Crippen molar-refractivity contribution in [3.05, 3.63) is 112 Å². The van der Waals surface area contributed by atoms with Gasteiger partial charge in [-0.15, -0.1) is 0 Å². The molecule has 8 nitrogen and oxygen atoms in total. The van der Waals surface area contributed by atoms with Gasteiger partial charge in [-0.1, -0.05) is 24.3 Å². The van der Waals surface area contributed by atoms with E-state index in [2.05, 4.69) is 31.2 Å². The maximum atomic E-state index is 13.1. The van der Waals surface area contributed by atoms with E-state index in [-0.39, 0.29) is 30.0 Å². The van der Waals surface area contributed by atoms with E-state index in [9.17, 15) is 14.7 Å². The summed E-state index contributed by atoms with van der Waals surface area (Å²) in [5.74, 6) is -1.06. The number of aryl methyl sites for hydroxylation is 3. The minimum atomic E-state index is -0.972. The van der Waals surface area contributed by atoms with Crippen LogP contribution < -0.4 is 10.6 Å². The van der Waals surface area contributed by atoms with Crippen LogP contribution in [0.3, 0.4) is 0 Å². The number of nitrogens with zero attached hydrogens (tertiary/aromatic N) is 3. The zero-order chi connectivity index (χ0) is 29.3. The van der Waals surface area contributed by atoms with Crippen LogP contribution in [0.5, 0.6) is 0 Å². The van der Waals surface area contributed by atoms with Gasteiger partial charge in [-0.25, -0.2) is 4.79 Å². The van der Waals surface area contributed by atoms with Crippen LogP contribution in [0.2, 0.25) is 0 Å². The quantitative estimate of drug-likeness (QED) is 0.231. The van der Waals surface area contributed by atoms with Crippen LogP contribution in [0.4, 0.5) is 5.69 Å². The van der Waals surface area contributed by atoms with Gasteiger partial charge in [0.25, 0.3) is 0 Å². The molecule has 41 heavy (non-hydrogen) atoms. The molecule has 0 aliphatic carbocycles. The number of amides is 1. The molecule has 1 fully saturated rings. The minimum absolute atomic E-state index is 0.0857. The van der Waals surface area contributed by atoms with Crippen LogP contribution in [-0.2, 0) is 4.79 Å². The number of carbonyl (C=O) groups excluding carboxylic acids is 1. The first-order valence-corrected chi connectivity index (χ1v) is 13.9. The Labute approximate surface area is 245 Å². The molecule has 210 valence electrons. The van der Waals surface area contributed by atoms with Crippen molar-refractivity contribution < 1.29 is 14.7 Å². The predicted octanol–water partition coefficient (Wildman–Crippen LogP) is 5.81. The summed E-state index contributed by atoms with van der Waals surface area (Å²) >= 11 is 5.82. The number of thiocarbonyl (C=S) groups is 1. The molecular weight excluding hydrogens is 534 g/mol. The number of carboxylic acid groups (broad SMARTS) is 1. The summed E-state index contributed by atoms with van der Waals surface area (Å²) in [4.78, 5) is 31.4. The topological polar surface area (TPSA) is 99.5 Å². The summed E-state index contributed by atoms with van der Waals surface area (Å²) in [7, 11) is 0. The number of carboxylic acids is 1. The molecule has 4 aromatic rings. The van der Waals surface area contributed by atoms with Gasteiger partial charge >= 0.3 is 5.97 Å². The molecule has 2 atom stereocenters. The molecule has 2 aromatic carbocycles. The van der Waals surface area contributed by atoms with E-state index in [1.54, 1.807) is 24.4 Å². The Morgan fingerprint density at radius 1 is 1.02 bits per heavy atom. The number of rotatable bonds is 8. The van der Waals surface area contributed by atoms with Gasteiger partial charge in [0.05, 0.1) is 23.3 Å². The molecule has 3 N–H and O–H groups in total. The second kappa shape index (κ2) is 11.5. The first-order valence-electron chi connectivity index (χ1n) is 13.5. The van der Waals surface area contributed by atoms with Gasteiger partial charge in [0, 0.05) is 41.9 Å². The van der Waals surface area contributed by atoms with Crippen LogP contribution in [0.15, 0.2) is 72.9 Å². The van der Waals surface area contributed by atoms with Crippen molar-refractivity contribution in [2.45, 2.75) is 46.2 Å². The fourth-order valence-electron chi connectivity index (χ4n) is 5.55. The van der Waals surface area contributed by atoms with Crippen molar-refractivity contribution in [3.63, 3.8) is 0 Å². The standard InChI is InChI=1S/C32H33N5O3S/c1-19-11-12-20(2)27(16-19)34-28(38)13-15-36-30(29(35-32(36)41)26-10-5-6-14-33-26)25-17-21(3)37(22(25)4)24-9-7-8-23(18-24)31(39)40/h5-12,14,16-18,29-30H,13,15H2,1-4H3,(H,34,38)(H,35,41)(H,39,40)/t29-,30+/m1/s1. The predicted molar refractivity (Wildman–Crippen MR) is 164 cm³/mol. The number of benzene rings is 2. The largest absolute Gasteiger partial charge is 0.478 e. The van der Waals surface area contributed by atoms with Crippen LogP contribution in [0.25, 0.3) is 5.69 Å². The molecule has 0 bridgehead atoms. The smallest absolute Gasteiger partial charge is 0.335 e. The number of nitrogens with one attached hydrogen (secondary N) is 2. The van der Waals surface area contributed by atoms with Crippen molar-refractivity contribution in [2.75, 3.05) is 11.9 Å². The second-order valence-corrected chi connectivity index (χ2v) is 10.8. The maximum absolute atomic E-state index is 13.1. The molecule has 0 spiro atoms. The molecule has 1 aliphatic rings. The van der Waals surface area contributed by atoms with Crippen molar-refractivity contribution in [3.8, 4) is 5.69 Å². The van der Waals surface area contributed by atoms with Crippen LogP contribution in [-0.4, -0.2) is 43.1 Å². The summed E-state index contributed by atoms with van der Waals surface area (Å²) in [6, 6.07) is 20.4. The fraction of sp³-hybridized carbons (Fsp3) is 0.250. The van der Waals surface area contributed by atoms with E-state index in [1.807, 2.05) is 70.2 Å². The lowest BCUT2D eigenvalue weighted by Crippen LogP contribution is -2.33. The summed E-state index contributed by atoms with van der Waals surface area (Å²) in [5.41, 5.74) is 7.70. The number of carbonyl (C=O) groups is 2. The van der Waals surface area contributed by atoms with Gasteiger partial charge < -0.3 is 25.2 Å². The fourth-order valence-corrected chi connectivity index (χ4v) is 5.88. The molecule has 3 heterocycles. The van der Waals surface area contributed by atoms with Crippen LogP contribution in [0, 0.1) is 27.7 Å². The van der Waals surface area contributed by atoms with Crippen molar-refractivity contribution in [2.24, 2.45) is 0 Å². The first kappa shape index (κ1) is 28.0. The molecule has 1 saturated heterocycles. The van der Waals surface area contributed by atoms with Crippen molar-refractivity contribution in [1.82, 2.24) is 19.8 Å². The molecule has 0 radical (unpaired) electrons. The van der Waals surface area contributed by atoms with Gasteiger partial charge in [-0.05, 0) is 99.1 Å². The number of aromatic carboxylic acids is 1. The Hall–Kier alpha value is -4.50. The SMILES string of the molecule is Cc1ccc(C)c(NC(=O)CCN2C(=S)N[C@H](c3ccccn3)[C@@H]2c2cc(C)n(-c3cccc(C(=O)O)c3)c2C)c1. The number of hydrogen-bond donors (Lipinski definition) is 3. The van der Waals surface area contributed by atoms with Crippen LogP contribution in [0.1, 0.15) is 62.6 Å². The van der Waals surface area contributed by atoms with Gasteiger partial charge in [0.2, 0.25) is 5.91 Å². The minimum Gasteiger partial charge on any atom is -0.478 e. The lowest BCUT2D eigenvalue weighted by Gasteiger charge is -2.28. The summed E-state index contributed by atoms with van der Waals surface area (Å²) in [6.07, 6.45) is 2.01. The molecule has 0 unspecified atom stereocenters. The number of aromatic nitrogens is 2. The zero-order valence-corrected chi connectivity index (χ0v) is 24.3. The first-order chi connectivity index (χ1) is 19.6. The average molecular weight is 568 g/mol. The van der Waals surface area contributed by atoms with E-state index in [0.29, 0.717) is 11.7 Å². The molecule has 1 aliphatic heterocycles. The third-order valence-electron chi connectivity index (χ3n) is 7.58. The molecule has 9 heteroatoms. The number of pyridine rings is 1. The van der Waals surface area contributed by atoms with E-state index >= 15 is 0 Å². The Kier molecular flexibility index (Phi) is 7.90. The Balaban J connectivity index is 1.48. The van der Waals surface area contributed by atoms with Gasteiger partial charge in [-0.3, -0.25) is 9.78 Å². The number of anilines is 1. The molecular formula is C32H33N5O3S. The third kappa shape index (κ3) is 5.71. The highest BCUT2D eigenvalue weighted by Gasteiger charge is 2.41. The van der Waals surface area contributed by atoms with Crippen LogP contribution >= 0.6 is 12.2 Å². The van der Waals surface area contributed by atoms with E-state index in [0.717, 1.165) is 45.1 Å². The molecule has 2 aromatic heterocycles. The third-order valence-corrected chi connectivity index (χ3v) is 7.94. The summed E-state index contributed by atoms with van der Waals surface area (Å²) in [6.45, 7) is 8.42. The Morgan fingerprint density at radius 2 is 1.83 bits per heavy atom. The number of hydrogen-bond acceptors (Lipinski definition) is 4. The maximum Gasteiger partial charge on any atom is 0.335 e.